The summed E-state index contributed by atoms with van der Waals surface area (Å²) in [7, 11) is 0. The van der Waals surface area contributed by atoms with Gasteiger partial charge in [-0.15, -0.1) is 0 Å². The molecule has 0 bridgehead atoms. The largest absolute Gasteiger partial charge is 0.461 e. The molecule has 15 heavy (non-hydrogen) atoms. The molecule has 78 valence electrons. The van der Waals surface area contributed by atoms with Gasteiger partial charge in [0.05, 0.1) is 12.1 Å². The van der Waals surface area contributed by atoms with Gasteiger partial charge in [-0.05, 0) is 6.92 Å². The van der Waals surface area contributed by atoms with E-state index in [4.69, 9.17) is 9.15 Å². The first kappa shape index (κ1) is 9.51. The normalized spacial score (nSPS) is 10.5. The number of esters is 1. The second-order valence-electron chi connectivity index (χ2n) is 2.95. The molecule has 0 aromatic carbocycles. The maximum Gasteiger partial charge on any atom is 0.354 e. The smallest absolute Gasteiger partial charge is 0.354 e. The standard InChI is InChI=1S/C10H9NO4/c1-2-14-10(13)8-4-9-7(11-8)3-6(5-12)15-9/h3-5,11H,2H2,1H3. The molecule has 1 N–H and O–H groups in total. The van der Waals surface area contributed by atoms with Crippen LogP contribution in [0.15, 0.2) is 16.5 Å². The summed E-state index contributed by atoms with van der Waals surface area (Å²) in [5.74, 6) is -0.205. The highest BCUT2D eigenvalue weighted by Crippen LogP contribution is 2.19. The van der Waals surface area contributed by atoms with E-state index in [2.05, 4.69) is 4.98 Å². The second kappa shape index (κ2) is 3.61. The Kier molecular flexibility index (Phi) is 2.29. The van der Waals surface area contributed by atoms with Gasteiger partial charge in [-0.3, -0.25) is 4.79 Å². The Morgan fingerprint density at radius 2 is 2.40 bits per heavy atom. The number of hydrogen-bond donors (Lipinski definition) is 1. The van der Waals surface area contributed by atoms with E-state index in [1.807, 2.05) is 0 Å². The van der Waals surface area contributed by atoms with Crippen molar-refractivity contribution >= 4 is 23.4 Å². The third kappa shape index (κ3) is 1.63. The molecule has 2 rings (SSSR count). The average molecular weight is 207 g/mol. The molecule has 0 fully saturated rings. The molecule has 0 unspecified atom stereocenters. The Morgan fingerprint density at radius 1 is 1.60 bits per heavy atom. The van der Waals surface area contributed by atoms with E-state index in [0.29, 0.717) is 29.7 Å². The average Bonchev–Trinajstić information content (AvgIpc) is 2.74. The van der Waals surface area contributed by atoms with E-state index < -0.39 is 5.97 Å². The summed E-state index contributed by atoms with van der Waals surface area (Å²) in [6, 6.07) is 3.05. The lowest BCUT2D eigenvalue weighted by atomic mass is 10.4. The van der Waals surface area contributed by atoms with Crippen molar-refractivity contribution < 1.29 is 18.7 Å². The number of ether oxygens (including phenoxy) is 1. The van der Waals surface area contributed by atoms with E-state index in [-0.39, 0.29) is 5.76 Å². The van der Waals surface area contributed by atoms with Gasteiger partial charge in [0.2, 0.25) is 0 Å². The number of furan rings is 1. The fourth-order valence-electron chi connectivity index (χ4n) is 1.32. The Balaban J connectivity index is 2.36. The van der Waals surface area contributed by atoms with Crippen molar-refractivity contribution in [1.82, 2.24) is 4.98 Å². The second-order valence-corrected chi connectivity index (χ2v) is 2.95. The highest BCUT2D eigenvalue weighted by molar-refractivity contribution is 5.94. The molecular formula is C10H9NO4. The first-order chi connectivity index (χ1) is 7.24. The van der Waals surface area contributed by atoms with E-state index in [1.54, 1.807) is 6.92 Å². The Hall–Kier alpha value is -2.04. The van der Waals surface area contributed by atoms with Gasteiger partial charge >= 0.3 is 5.97 Å². The SMILES string of the molecule is CCOC(=O)c1cc2oc(C=O)cc2[nH]1. The van der Waals surface area contributed by atoms with Crippen LogP contribution in [0, 0.1) is 0 Å². The molecule has 5 nitrogen and oxygen atoms in total. The van der Waals surface area contributed by atoms with Crippen molar-refractivity contribution in [2.75, 3.05) is 6.61 Å². The van der Waals surface area contributed by atoms with E-state index in [0.717, 1.165) is 0 Å². The molecule has 2 aromatic heterocycles. The van der Waals surface area contributed by atoms with Crippen LogP contribution in [0.1, 0.15) is 28.0 Å². The predicted molar refractivity (Wildman–Crippen MR) is 51.9 cm³/mol. The van der Waals surface area contributed by atoms with Crippen LogP contribution in [0.5, 0.6) is 0 Å². The molecule has 5 heteroatoms. The molecule has 0 saturated heterocycles. The fraction of sp³-hybridized carbons (Fsp3) is 0.200. The minimum absolute atomic E-state index is 0.228. The van der Waals surface area contributed by atoms with E-state index in [1.165, 1.54) is 12.1 Å². The molecule has 2 heterocycles. The van der Waals surface area contributed by atoms with Crippen LogP contribution in [0.2, 0.25) is 0 Å². The van der Waals surface area contributed by atoms with Crippen LogP contribution < -0.4 is 0 Å². The van der Waals surface area contributed by atoms with Gasteiger partial charge in [0, 0.05) is 12.1 Å². The monoisotopic (exact) mass is 207 g/mol. The summed E-state index contributed by atoms with van der Waals surface area (Å²) in [6.45, 7) is 2.05. The molecule has 2 aromatic rings. The highest BCUT2D eigenvalue weighted by Gasteiger charge is 2.13. The van der Waals surface area contributed by atoms with Crippen LogP contribution in [0.25, 0.3) is 11.1 Å². The van der Waals surface area contributed by atoms with Gasteiger partial charge in [-0.2, -0.15) is 0 Å². The number of nitrogens with one attached hydrogen (secondary N) is 1. The Labute approximate surface area is 85.0 Å². The van der Waals surface area contributed by atoms with Gasteiger partial charge in [0.15, 0.2) is 17.6 Å². The fourth-order valence-corrected chi connectivity index (χ4v) is 1.32. The Bertz CT molecular complexity index is 477. The molecule has 0 radical (unpaired) electrons. The summed E-state index contributed by atoms with van der Waals surface area (Å²) >= 11 is 0. The molecule has 0 aliphatic carbocycles. The molecule has 0 aliphatic rings. The number of H-pyrrole nitrogens is 1. The molecule has 0 amide bonds. The van der Waals surface area contributed by atoms with Crippen molar-refractivity contribution in [3.63, 3.8) is 0 Å². The predicted octanol–water partition coefficient (Wildman–Crippen LogP) is 1.75. The number of carbonyl (C=O) groups excluding carboxylic acids is 2. The third-order valence-electron chi connectivity index (χ3n) is 1.94. The lowest BCUT2D eigenvalue weighted by Crippen LogP contribution is -2.04. The van der Waals surface area contributed by atoms with Crippen LogP contribution in [0.3, 0.4) is 0 Å². The number of hydrogen-bond acceptors (Lipinski definition) is 4. The zero-order valence-electron chi connectivity index (χ0n) is 8.07. The van der Waals surface area contributed by atoms with Crippen molar-refractivity contribution in [2.45, 2.75) is 6.92 Å². The van der Waals surface area contributed by atoms with Crippen LogP contribution >= 0.6 is 0 Å². The minimum atomic E-state index is -0.434. The third-order valence-corrected chi connectivity index (χ3v) is 1.94. The number of aromatic amines is 1. The minimum Gasteiger partial charge on any atom is -0.461 e. The molecule has 0 saturated carbocycles. The summed E-state index contributed by atoms with van der Waals surface area (Å²) in [5.41, 5.74) is 1.41. The topological polar surface area (TPSA) is 72.3 Å². The highest BCUT2D eigenvalue weighted by atomic mass is 16.5. The molecule has 0 atom stereocenters. The van der Waals surface area contributed by atoms with Gasteiger partial charge in [-0.25, -0.2) is 4.79 Å². The molecule has 0 aliphatic heterocycles. The van der Waals surface area contributed by atoms with Gasteiger partial charge in [-0.1, -0.05) is 0 Å². The first-order valence-corrected chi connectivity index (χ1v) is 4.49. The first-order valence-electron chi connectivity index (χ1n) is 4.49. The van der Waals surface area contributed by atoms with Crippen molar-refractivity contribution in [3.05, 3.63) is 23.6 Å². The maximum absolute atomic E-state index is 11.3. The summed E-state index contributed by atoms with van der Waals surface area (Å²) in [4.78, 5) is 24.5. The number of rotatable bonds is 3. The maximum atomic E-state index is 11.3. The zero-order valence-corrected chi connectivity index (χ0v) is 8.07. The van der Waals surface area contributed by atoms with E-state index >= 15 is 0 Å². The summed E-state index contributed by atoms with van der Waals surface area (Å²) in [5, 5.41) is 0. The number of fused-ring (bicyclic) bond motifs is 1. The lowest BCUT2D eigenvalue weighted by Gasteiger charge is -1.96. The molecule has 0 spiro atoms. The van der Waals surface area contributed by atoms with Crippen LogP contribution in [-0.4, -0.2) is 23.8 Å². The lowest BCUT2D eigenvalue weighted by molar-refractivity contribution is 0.0520. The number of aromatic nitrogens is 1. The Morgan fingerprint density at radius 3 is 3.00 bits per heavy atom. The van der Waals surface area contributed by atoms with Crippen molar-refractivity contribution in [3.8, 4) is 0 Å². The zero-order chi connectivity index (χ0) is 10.8. The quantitative estimate of drug-likeness (QED) is 0.614. The summed E-state index contributed by atoms with van der Waals surface area (Å²) in [6.07, 6.45) is 0.609. The number of carbonyl (C=O) groups is 2. The van der Waals surface area contributed by atoms with E-state index in [9.17, 15) is 9.59 Å². The van der Waals surface area contributed by atoms with Crippen LogP contribution in [-0.2, 0) is 4.74 Å². The summed E-state index contributed by atoms with van der Waals surface area (Å²) < 4.78 is 9.92. The van der Waals surface area contributed by atoms with Crippen molar-refractivity contribution in [1.29, 1.82) is 0 Å². The molecular weight excluding hydrogens is 198 g/mol. The van der Waals surface area contributed by atoms with Gasteiger partial charge in [0.1, 0.15) is 5.69 Å². The van der Waals surface area contributed by atoms with Crippen molar-refractivity contribution in [2.24, 2.45) is 0 Å². The van der Waals surface area contributed by atoms with Gasteiger partial charge in [0.25, 0.3) is 0 Å². The van der Waals surface area contributed by atoms with Gasteiger partial charge < -0.3 is 14.1 Å². The van der Waals surface area contributed by atoms with Crippen LogP contribution in [0.4, 0.5) is 0 Å². The number of aldehydes is 1.